The summed E-state index contributed by atoms with van der Waals surface area (Å²) in [5, 5.41) is 2.69. The molecule has 6 nitrogen and oxygen atoms in total. The lowest BCUT2D eigenvalue weighted by Crippen LogP contribution is -2.37. The van der Waals surface area contributed by atoms with E-state index in [-0.39, 0.29) is 30.1 Å². The van der Waals surface area contributed by atoms with E-state index >= 15 is 0 Å². The fourth-order valence-corrected chi connectivity index (χ4v) is 4.91. The van der Waals surface area contributed by atoms with Crippen molar-refractivity contribution in [1.29, 1.82) is 0 Å². The molecule has 0 unspecified atom stereocenters. The maximum absolute atomic E-state index is 13.1. The van der Waals surface area contributed by atoms with Crippen LogP contribution in [0.1, 0.15) is 29.6 Å². The van der Waals surface area contributed by atoms with Gasteiger partial charge in [0.15, 0.2) is 12.4 Å². The van der Waals surface area contributed by atoms with Crippen LogP contribution in [0.2, 0.25) is 0 Å². The zero-order valence-corrected chi connectivity index (χ0v) is 16.9. The topological polar surface area (TPSA) is 81.7 Å². The van der Waals surface area contributed by atoms with Crippen LogP contribution in [0, 0.1) is 23.7 Å². The van der Waals surface area contributed by atoms with Gasteiger partial charge in [0.05, 0.1) is 13.0 Å². The Morgan fingerprint density at radius 2 is 1.60 bits per heavy atom. The number of esters is 1. The molecular weight excluding hydrogens is 382 g/mol. The summed E-state index contributed by atoms with van der Waals surface area (Å²) in [6.07, 6.45) is 2.78. The van der Waals surface area contributed by atoms with Gasteiger partial charge in [-0.05, 0) is 55.4 Å². The summed E-state index contributed by atoms with van der Waals surface area (Å²) in [5.74, 6) is -0.618. The summed E-state index contributed by atoms with van der Waals surface area (Å²) in [6, 6.07) is 16.0. The van der Waals surface area contributed by atoms with Gasteiger partial charge in [-0.2, -0.15) is 0 Å². The predicted octanol–water partition coefficient (Wildman–Crippen LogP) is 3.72. The number of fused-ring (bicyclic) bond motifs is 2. The molecule has 0 aliphatic heterocycles. The molecule has 0 radical (unpaired) electrons. The van der Waals surface area contributed by atoms with E-state index in [2.05, 4.69) is 5.32 Å². The molecule has 1 amide bonds. The second kappa shape index (κ2) is 8.69. The van der Waals surface area contributed by atoms with Crippen molar-refractivity contribution in [1.82, 2.24) is 0 Å². The number of rotatable bonds is 7. The van der Waals surface area contributed by atoms with Crippen molar-refractivity contribution in [3.05, 3.63) is 60.2 Å². The van der Waals surface area contributed by atoms with E-state index in [0.717, 1.165) is 19.3 Å². The molecule has 4 rings (SSSR count). The number of nitrogens with one attached hydrogen (secondary N) is 1. The van der Waals surface area contributed by atoms with Gasteiger partial charge in [-0.1, -0.05) is 30.3 Å². The Hall–Kier alpha value is -3.15. The molecule has 2 bridgehead atoms. The molecule has 0 saturated heterocycles. The van der Waals surface area contributed by atoms with Gasteiger partial charge in [0.25, 0.3) is 5.91 Å². The first-order valence-corrected chi connectivity index (χ1v) is 10.3. The molecule has 2 aliphatic carbocycles. The Labute approximate surface area is 175 Å². The summed E-state index contributed by atoms with van der Waals surface area (Å²) < 4.78 is 10.4. The summed E-state index contributed by atoms with van der Waals surface area (Å²) >= 11 is 0. The predicted molar refractivity (Wildman–Crippen MR) is 111 cm³/mol. The normalized spacial score (nSPS) is 24.3. The zero-order chi connectivity index (χ0) is 21.1. The first-order valence-electron chi connectivity index (χ1n) is 10.3. The average molecular weight is 407 g/mol. The van der Waals surface area contributed by atoms with Crippen molar-refractivity contribution in [2.45, 2.75) is 19.3 Å². The number of benzene rings is 2. The van der Waals surface area contributed by atoms with E-state index in [1.54, 1.807) is 43.5 Å². The first kappa shape index (κ1) is 20.1. The third-order valence-electron chi connectivity index (χ3n) is 6.27. The lowest BCUT2D eigenvalue weighted by atomic mass is 9.75. The largest absolute Gasteiger partial charge is 0.497 e. The van der Waals surface area contributed by atoms with Gasteiger partial charge in [-0.3, -0.25) is 14.4 Å². The molecule has 156 valence electrons. The number of amides is 1. The molecule has 2 saturated carbocycles. The Morgan fingerprint density at radius 1 is 0.933 bits per heavy atom. The molecule has 2 fully saturated rings. The third-order valence-corrected chi connectivity index (χ3v) is 6.27. The highest BCUT2D eigenvalue weighted by Gasteiger charge is 2.54. The molecular formula is C24H25NO5. The molecule has 30 heavy (non-hydrogen) atoms. The van der Waals surface area contributed by atoms with Gasteiger partial charge in [0.1, 0.15) is 5.75 Å². The van der Waals surface area contributed by atoms with Gasteiger partial charge in [0, 0.05) is 17.2 Å². The summed E-state index contributed by atoms with van der Waals surface area (Å²) in [4.78, 5) is 38.1. The number of methoxy groups -OCH3 is 1. The minimum atomic E-state index is -0.467. The minimum Gasteiger partial charge on any atom is -0.497 e. The second-order valence-corrected chi connectivity index (χ2v) is 8.00. The molecule has 0 spiro atoms. The van der Waals surface area contributed by atoms with E-state index in [0.29, 0.717) is 17.0 Å². The first-order chi connectivity index (χ1) is 14.6. The highest BCUT2D eigenvalue weighted by molar-refractivity contribution is 6.01. The average Bonchev–Trinajstić information content (AvgIpc) is 3.40. The van der Waals surface area contributed by atoms with E-state index in [1.165, 1.54) is 0 Å². The van der Waals surface area contributed by atoms with Crippen molar-refractivity contribution in [2.75, 3.05) is 19.0 Å². The van der Waals surface area contributed by atoms with Crippen LogP contribution in [0.3, 0.4) is 0 Å². The fraction of sp³-hybridized carbons (Fsp3) is 0.375. The van der Waals surface area contributed by atoms with E-state index in [4.69, 9.17) is 9.47 Å². The smallest absolute Gasteiger partial charge is 0.310 e. The van der Waals surface area contributed by atoms with E-state index in [9.17, 15) is 14.4 Å². The summed E-state index contributed by atoms with van der Waals surface area (Å²) in [7, 11) is 1.57. The number of carbonyl (C=O) groups is 3. The van der Waals surface area contributed by atoms with Crippen LogP contribution >= 0.6 is 0 Å². The van der Waals surface area contributed by atoms with Gasteiger partial charge < -0.3 is 14.8 Å². The van der Waals surface area contributed by atoms with Gasteiger partial charge >= 0.3 is 5.97 Å². The summed E-state index contributed by atoms with van der Waals surface area (Å²) in [6.45, 7) is -0.370. The highest BCUT2D eigenvalue weighted by atomic mass is 16.5. The molecule has 2 aromatic carbocycles. The van der Waals surface area contributed by atoms with E-state index < -0.39 is 17.8 Å². The monoisotopic (exact) mass is 407 g/mol. The minimum absolute atomic E-state index is 0.00688. The molecule has 1 N–H and O–H groups in total. The van der Waals surface area contributed by atoms with Crippen LogP contribution < -0.4 is 10.1 Å². The van der Waals surface area contributed by atoms with Crippen LogP contribution in [-0.4, -0.2) is 31.4 Å². The number of anilines is 1. The van der Waals surface area contributed by atoms with Crippen LogP contribution in [0.25, 0.3) is 0 Å². The zero-order valence-electron chi connectivity index (χ0n) is 16.9. The fourth-order valence-electron chi connectivity index (χ4n) is 4.91. The Balaban J connectivity index is 1.38. The number of hydrogen-bond donors (Lipinski definition) is 1. The van der Waals surface area contributed by atoms with Crippen molar-refractivity contribution in [3.8, 4) is 5.75 Å². The second-order valence-electron chi connectivity index (χ2n) is 8.00. The number of ether oxygens (including phenoxy) is 2. The number of carbonyl (C=O) groups excluding carboxylic acids is 3. The SMILES string of the molecule is COc1ccc(NC(=O)COC(=O)[C@H]2[C@H]3CC[C@@H](C3)[C@@H]2C(=O)c2ccccc2)cc1. The maximum Gasteiger partial charge on any atom is 0.310 e. The lowest BCUT2D eigenvalue weighted by Gasteiger charge is -2.28. The third kappa shape index (κ3) is 4.08. The quantitative estimate of drug-likeness (QED) is 0.559. The van der Waals surface area contributed by atoms with E-state index in [1.807, 2.05) is 18.2 Å². The van der Waals surface area contributed by atoms with Crippen molar-refractivity contribution >= 4 is 23.3 Å². The number of Topliss-reactive ketones (excluding diaryl/α,β-unsaturated/α-hetero) is 1. The van der Waals surface area contributed by atoms with Crippen molar-refractivity contribution < 1.29 is 23.9 Å². The molecule has 2 aromatic rings. The van der Waals surface area contributed by atoms with Crippen LogP contribution in [0.15, 0.2) is 54.6 Å². The Morgan fingerprint density at radius 3 is 2.27 bits per heavy atom. The summed E-state index contributed by atoms with van der Waals surface area (Å²) in [5.41, 5.74) is 1.22. The van der Waals surface area contributed by atoms with Crippen LogP contribution in [0.4, 0.5) is 5.69 Å². The molecule has 0 aromatic heterocycles. The lowest BCUT2D eigenvalue weighted by molar-refractivity contribution is -0.154. The Bertz CT molecular complexity index is 924. The molecule has 6 heteroatoms. The molecule has 0 heterocycles. The van der Waals surface area contributed by atoms with Crippen LogP contribution in [-0.2, 0) is 14.3 Å². The Kier molecular flexibility index (Phi) is 5.84. The molecule has 4 atom stereocenters. The standard InChI is InChI=1S/C24H25NO5/c1-29-19-11-9-18(10-12-19)25-20(26)14-30-24(28)22-17-8-7-16(13-17)21(22)23(27)15-5-3-2-4-6-15/h2-6,9-12,16-17,21-22H,7-8,13-14H2,1H3,(H,25,26)/t16-,17-,21-,22-/m0/s1. The van der Waals surface area contributed by atoms with Gasteiger partial charge in [-0.25, -0.2) is 0 Å². The van der Waals surface area contributed by atoms with Crippen LogP contribution in [0.5, 0.6) is 5.75 Å². The highest BCUT2D eigenvalue weighted by Crippen LogP contribution is 2.53. The molecule has 2 aliphatic rings. The number of ketones is 1. The van der Waals surface area contributed by atoms with Crippen molar-refractivity contribution in [2.24, 2.45) is 23.7 Å². The van der Waals surface area contributed by atoms with Gasteiger partial charge in [-0.15, -0.1) is 0 Å². The maximum atomic E-state index is 13.1. The van der Waals surface area contributed by atoms with Crippen molar-refractivity contribution in [3.63, 3.8) is 0 Å². The van der Waals surface area contributed by atoms with Gasteiger partial charge in [0.2, 0.25) is 0 Å². The number of hydrogen-bond acceptors (Lipinski definition) is 5.